The maximum Gasteiger partial charge on any atom is 0.162 e. The van der Waals surface area contributed by atoms with E-state index in [0.717, 1.165) is 42.5 Å². The molecule has 0 atom stereocenters. The number of piperidine rings is 1. The molecule has 2 aromatic rings. The van der Waals surface area contributed by atoms with Crippen molar-refractivity contribution >= 4 is 34.0 Å². The van der Waals surface area contributed by atoms with Crippen molar-refractivity contribution in [2.45, 2.75) is 25.8 Å². The first kappa shape index (κ1) is 16.2. The number of hydrogen-bond donors (Lipinski definition) is 2. The highest BCUT2D eigenvalue weighted by molar-refractivity contribution is 6.36. The molecule has 2 heterocycles. The third-order valence-electron chi connectivity index (χ3n) is 4.35. The number of benzene rings is 1. The van der Waals surface area contributed by atoms with Crippen LogP contribution in [-0.2, 0) is 0 Å². The molecule has 0 radical (unpaired) electrons. The Hall–Kier alpha value is -1.69. The van der Waals surface area contributed by atoms with E-state index in [1.165, 1.54) is 0 Å². The fourth-order valence-electron chi connectivity index (χ4n) is 3.23. The van der Waals surface area contributed by atoms with Gasteiger partial charge in [-0.15, -0.1) is 0 Å². The van der Waals surface area contributed by atoms with Gasteiger partial charge in [-0.3, -0.25) is 20.6 Å². The predicted molar refractivity (Wildman–Crippen MR) is 94.2 cm³/mol. The Labute approximate surface area is 141 Å². The highest BCUT2D eigenvalue weighted by Crippen LogP contribution is 2.36. The molecule has 3 rings (SSSR count). The van der Waals surface area contributed by atoms with E-state index in [0.29, 0.717) is 16.6 Å². The normalized spacial score (nSPS) is 16.0. The van der Waals surface area contributed by atoms with E-state index in [1.807, 2.05) is 19.2 Å². The number of halogens is 1. The minimum absolute atomic E-state index is 0.0185. The summed E-state index contributed by atoms with van der Waals surface area (Å²) in [5, 5.41) is 1.47. The fourth-order valence-corrected chi connectivity index (χ4v) is 3.49. The molecule has 2 N–H and O–H groups in total. The van der Waals surface area contributed by atoms with Crippen LogP contribution in [0.25, 0.3) is 10.9 Å². The minimum atomic E-state index is 0.0185. The zero-order valence-corrected chi connectivity index (χ0v) is 14.2. The van der Waals surface area contributed by atoms with E-state index in [1.54, 1.807) is 19.2 Å². The number of carbonyl (C=O) groups excluding carboxylic acids is 1. The highest BCUT2D eigenvalue weighted by atomic mass is 35.5. The standard InChI is InChI=1S/C17H21ClN4O/c1-11(23)14-10-15(18)13-4-3-7-20-16(13)17(14)22-8-5-12(6-9-22)21-19-2/h3-4,7,10,12,19,21H,5-6,8-9H2,1-2H3. The Morgan fingerprint density at radius 2 is 2.13 bits per heavy atom. The molecule has 0 unspecified atom stereocenters. The van der Waals surface area contributed by atoms with Crippen molar-refractivity contribution in [1.29, 1.82) is 0 Å². The van der Waals surface area contributed by atoms with Crippen LogP contribution >= 0.6 is 11.6 Å². The molecule has 0 saturated carbocycles. The molecule has 6 heteroatoms. The first-order valence-electron chi connectivity index (χ1n) is 7.87. The monoisotopic (exact) mass is 332 g/mol. The summed E-state index contributed by atoms with van der Waals surface area (Å²) < 4.78 is 0. The average molecular weight is 333 g/mol. The smallest absolute Gasteiger partial charge is 0.162 e. The molecule has 122 valence electrons. The number of nitrogens with zero attached hydrogens (tertiary/aromatic N) is 2. The van der Waals surface area contributed by atoms with Crippen molar-refractivity contribution in [3.63, 3.8) is 0 Å². The van der Waals surface area contributed by atoms with Crippen molar-refractivity contribution in [3.8, 4) is 0 Å². The second-order valence-corrected chi connectivity index (χ2v) is 6.27. The number of hydrazine groups is 1. The Morgan fingerprint density at radius 1 is 1.39 bits per heavy atom. The zero-order chi connectivity index (χ0) is 16.4. The van der Waals surface area contributed by atoms with Gasteiger partial charge >= 0.3 is 0 Å². The number of aromatic nitrogens is 1. The summed E-state index contributed by atoms with van der Waals surface area (Å²) in [6.45, 7) is 3.35. The average Bonchev–Trinajstić information content (AvgIpc) is 2.56. The number of rotatable bonds is 4. The number of anilines is 1. The second-order valence-electron chi connectivity index (χ2n) is 5.87. The van der Waals surface area contributed by atoms with E-state index in [4.69, 9.17) is 11.6 Å². The molecule has 0 aliphatic carbocycles. The van der Waals surface area contributed by atoms with Crippen LogP contribution in [0.2, 0.25) is 5.02 Å². The Balaban J connectivity index is 2.04. The third kappa shape index (κ3) is 3.17. The highest BCUT2D eigenvalue weighted by Gasteiger charge is 2.25. The molecule has 23 heavy (non-hydrogen) atoms. The molecule has 1 aromatic heterocycles. The third-order valence-corrected chi connectivity index (χ3v) is 4.67. The van der Waals surface area contributed by atoms with Gasteiger partial charge in [0.05, 0.1) is 16.2 Å². The number of fused-ring (bicyclic) bond motifs is 1. The lowest BCUT2D eigenvalue weighted by Crippen LogP contribution is -2.46. The molecular weight excluding hydrogens is 312 g/mol. The van der Waals surface area contributed by atoms with Gasteiger partial charge in [-0.25, -0.2) is 0 Å². The van der Waals surface area contributed by atoms with Crippen molar-refractivity contribution < 1.29 is 4.79 Å². The van der Waals surface area contributed by atoms with Crippen LogP contribution in [0.4, 0.5) is 5.69 Å². The van der Waals surface area contributed by atoms with Gasteiger partial charge in [-0.2, -0.15) is 0 Å². The molecule has 5 nitrogen and oxygen atoms in total. The van der Waals surface area contributed by atoms with Gasteiger partial charge in [0.1, 0.15) is 0 Å². The van der Waals surface area contributed by atoms with Crippen molar-refractivity contribution in [1.82, 2.24) is 15.8 Å². The molecule has 0 bridgehead atoms. The van der Waals surface area contributed by atoms with Gasteiger partial charge in [0.25, 0.3) is 0 Å². The summed E-state index contributed by atoms with van der Waals surface area (Å²) in [6, 6.07) is 6.05. The van der Waals surface area contributed by atoms with Gasteiger partial charge in [0.15, 0.2) is 5.78 Å². The van der Waals surface area contributed by atoms with Crippen LogP contribution in [-0.4, -0.2) is 36.9 Å². The minimum Gasteiger partial charge on any atom is -0.369 e. The fraction of sp³-hybridized carbons (Fsp3) is 0.412. The molecule has 0 spiro atoms. The van der Waals surface area contributed by atoms with E-state index in [9.17, 15) is 4.79 Å². The topological polar surface area (TPSA) is 57.3 Å². The number of Topliss-reactive ketones (excluding diaryl/α,β-unsaturated/α-hetero) is 1. The maximum absolute atomic E-state index is 12.1. The van der Waals surface area contributed by atoms with Crippen molar-refractivity contribution in [2.75, 3.05) is 25.0 Å². The van der Waals surface area contributed by atoms with E-state index in [2.05, 4.69) is 20.7 Å². The Morgan fingerprint density at radius 3 is 2.78 bits per heavy atom. The van der Waals surface area contributed by atoms with Gasteiger partial charge in [0.2, 0.25) is 0 Å². The van der Waals surface area contributed by atoms with Crippen molar-refractivity contribution in [3.05, 3.63) is 35.0 Å². The summed E-state index contributed by atoms with van der Waals surface area (Å²) in [5.41, 5.74) is 8.65. The van der Waals surface area contributed by atoms with Gasteiger partial charge in [-0.05, 0) is 45.0 Å². The van der Waals surface area contributed by atoms with Crippen LogP contribution < -0.4 is 15.8 Å². The second kappa shape index (κ2) is 6.83. The summed E-state index contributed by atoms with van der Waals surface area (Å²) in [5.74, 6) is 0.0185. The summed E-state index contributed by atoms with van der Waals surface area (Å²) >= 11 is 6.35. The molecule has 1 saturated heterocycles. The predicted octanol–water partition coefficient (Wildman–Crippen LogP) is 2.78. The van der Waals surface area contributed by atoms with Crippen LogP contribution in [0.3, 0.4) is 0 Å². The summed E-state index contributed by atoms with van der Waals surface area (Å²) in [7, 11) is 1.89. The molecule has 1 aromatic carbocycles. The van der Waals surface area contributed by atoms with E-state index in [-0.39, 0.29) is 5.78 Å². The summed E-state index contributed by atoms with van der Waals surface area (Å²) in [4.78, 5) is 18.9. The van der Waals surface area contributed by atoms with Crippen LogP contribution in [0, 0.1) is 0 Å². The number of hydrogen-bond acceptors (Lipinski definition) is 5. The maximum atomic E-state index is 12.1. The largest absolute Gasteiger partial charge is 0.369 e. The van der Waals surface area contributed by atoms with Crippen LogP contribution in [0.1, 0.15) is 30.1 Å². The number of carbonyl (C=O) groups is 1. The Bertz CT molecular complexity index is 726. The van der Waals surface area contributed by atoms with E-state index >= 15 is 0 Å². The van der Waals surface area contributed by atoms with Crippen LogP contribution in [0.15, 0.2) is 24.4 Å². The Kier molecular flexibility index (Phi) is 4.80. The van der Waals surface area contributed by atoms with Crippen molar-refractivity contribution in [2.24, 2.45) is 0 Å². The summed E-state index contributed by atoms with van der Waals surface area (Å²) in [6.07, 6.45) is 3.77. The molecular formula is C17H21ClN4O. The van der Waals surface area contributed by atoms with Crippen LogP contribution in [0.5, 0.6) is 0 Å². The number of ketones is 1. The van der Waals surface area contributed by atoms with Gasteiger partial charge in [-0.1, -0.05) is 11.6 Å². The molecule has 0 amide bonds. The van der Waals surface area contributed by atoms with E-state index < -0.39 is 0 Å². The number of pyridine rings is 1. The molecule has 1 fully saturated rings. The lowest BCUT2D eigenvalue weighted by Gasteiger charge is -2.35. The van der Waals surface area contributed by atoms with Gasteiger partial charge < -0.3 is 4.90 Å². The lowest BCUT2D eigenvalue weighted by molar-refractivity contribution is 0.101. The first-order chi connectivity index (χ1) is 11.1. The first-order valence-corrected chi connectivity index (χ1v) is 8.25. The zero-order valence-electron chi connectivity index (χ0n) is 13.4. The number of nitrogens with one attached hydrogen (secondary N) is 2. The quantitative estimate of drug-likeness (QED) is 0.666. The molecule has 1 aliphatic rings. The molecule has 1 aliphatic heterocycles. The SMILES string of the molecule is CNNC1CCN(c2c(C(C)=O)cc(Cl)c3cccnc23)CC1. The lowest BCUT2D eigenvalue weighted by atomic mass is 10.00. The van der Waals surface area contributed by atoms with Gasteiger partial charge in [0, 0.05) is 36.3 Å².